The molecule has 2 aliphatic rings. The number of nitrogens with zero attached hydrogens (tertiary/aromatic N) is 1. The van der Waals surface area contributed by atoms with Crippen molar-refractivity contribution in [3.8, 4) is 0 Å². The van der Waals surface area contributed by atoms with Crippen LogP contribution in [0.1, 0.15) is 32.1 Å². The van der Waals surface area contributed by atoms with Crippen LogP contribution in [0.25, 0.3) is 0 Å². The second-order valence-electron chi connectivity index (χ2n) is 3.28. The summed E-state index contributed by atoms with van der Waals surface area (Å²) >= 11 is 0. The molecule has 56 valence electrons. The summed E-state index contributed by atoms with van der Waals surface area (Å²) in [7, 11) is 0. The molecule has 2 rings (SSSR count). The zero-order valence-corrected chi connectivity index (χ0v) is 6.18. The first-order chi connectivity index (χ1) is 4.88. The monoisotopic (exact) mass is 139 g/mol. The highest BCUT2D eigenvalue weighted by atomic mass is 16.2. The van der Waals surface area contributed by atoms with Crippen molar-refractivity contribution < 1.29 is 4.79 Å². The lowest BCUT2D eigenvalue weighted by Gasteiger charge is -2.34. The van der Waals surface area contributed by atoms with Gasteiger partial charge in [0.15, 0.2) is 0 Å². The van der Waals surface area contributed by atoms with Crippen molar-refractivity contribution >= 4 is 5.91 Å². The summed E-state index contributed by atoms with van der Waals surface area (Å²) in [6, 6.07) is 0.634. The van der Waals surface area contributed by atoms with Gasteiger partial charge in [0, 0.05) is 19.0 Å². The highest BCUT2D eigenvalue weighted by molar-refractivity contribution is 5.78. The molecule has 1 saturated carbocycles. The second kappa shape index (κ2) is 2.26. The third-order valence-corrected chi connectivity index (χ3v) is 2.63. The topological polar surface area (TPSA) is 20.3 Å². The van der Waals surface area contributed by atoms with E-state index in [0.717, 1.165) is 19.4 Å². The molecule has 1 aliphatic heterocycles. The lowest BCUT2D eigenvalue weighted by atomic mass is 9.92. The van der Waals surface area contributed by atoms with Gasteiger partial charge in [0.25, 0.3) is 0 Å². The van der Waals surface area contributed by atoms with E-state index in [0.29, 0.717) is 11.9 Å². The van der Waals surface area contributed by atoms with E-state index in [4.69, 9.17) is 0 Å². The van der Waals surface area contributed by atoms with Crippen molar-refractivity contribution in [3.05, 3.63) is 0 Å². The Kier molecular flexibility index (Phi) is 1.40. The van der Waals surface area contributed by atoms with Crippen LogP contribution in [0.15, 0.2) is 0 Å². The third kappa shape index (κ3) is 0.825. The summed E-state index contributed by atoms with van der Waals surface area (Å²) in [6.45, 7) is 1.03. The van der Waals surface area contributed by atoms with Gasteiger partial charge in [-0.1, -0.05) is 0 Å². The molecule has 0 aromatic heterocycles. The minimum Gasteiger partial charge on any atom is -0.340 e. The maximum Gasteiger partial charge on any atom is 0.222 e. The molecule has 0 unspecified atom stereocenters. The van der Waals surface area contributed by atoms with Gasteiger partial charge in [-0.2, -0.15) is 0 Å². The summed E-state index contributed by atoms with van der Waals surface area (Å²) in [6.07, 6.45) is 5.73. The second-order valence-corrected chi connectivity index (χ2v) is 3.28. The van der Waals surface area contributed by atoms with Crippen LogP contribution < -0.4 is 0 Å². The lowest BCUT2D eigenvalue weighted by molar-refractivity contribution is -0.131. The molecule has 2 fully saturated rings. The van der Waals surface area contributed by atoms with Crippen molar-refractivity contribution in [1.82, 2.24) is 4.90 Å². The van der Waals surface area contributed by atoms with E-state index in [-0.39, 0.29) is 0 Å². The molecular weight excluding hydrogens is 126 g/mol. The molecule has 1 amide bonds. The van der Waals surface area contributed by atoms with Gasteiger partial charge in [0.2, 0.25) is 5.91 Å². The summed E-state index contributed by atoms with van der Waals surface area (Å²) < 4.78 is 0. The van der Waals surface area contributed by atoms with Gasteiger partial charge in [-0.15, -0.1) is 0 Å². The van der Waals surface area contributed by atoms with E-state index in [1.807, 2.05) is 0 Å². The van der Waals surface area contributed by atoms with E-state index < -0.39 is 0 Å². The van der Waals surface area contributed by atoms with Gasteiger partial charge in [0.05, 0.1) is 0 Å². The SMILES string of the molecule is O=C1CCCN1C1CCC1. The Labute approximate surface area is 61.2 Å². The number of carbonyl (C=O) groups is 1. The summed E-state index contributed by atoms with van der Waals surface area (Å²) in [4.78, 5) is 13.2. The molecule has 10 heavy (non-hydrogen) atoms. The number of hydrogen-bond acceptors (Lipinski definition) is 1. The first-order valence-corrected chi connectivity index (χ1v) is 4.17. The maximum absolute atomic E-state index is 11.1. The predicted molar refractivity (Wildman–Crippen MR) is 38.6 cm³/mol. The average Bonchev–Trinajstić information content (AvgIpc) is 2.12. The fraction of sp³-hybridized carbons (Fsp3) is 0.875. The molecule has 1 heterocycles. The van der Waals surface area contributed by atoms with E-state index in [1.54, 1.807) is 0 Å². The van der Waals surface area contributed by atoms with E-state index in [1.165, 1.54) is 19.3 Å². The van der Waals surface area contributed by atoms with Gasteiger partial charge < -0.3 is 4.90 Å². The van der Waals surface area contributed by atoms with Crippen LogP contribution in [-0.4, -0.2) is 23.4 Å². The largest absolute Gasteiger partial charge is 0.340 e. The van der Waals surface area contributed by atoms with E-state index >= 15 is 0 Å². The summed E-state index contributed by atoms with van der Waals surface area (Å²) in [5.41, 5.74) is 0. The van der Waals surface area contributed by atoms with E-state index in [2.05, 4.69) is 4.90 Å². The average molecular weight is 139 g/mol. The minimum atomic E-state index is 0.393. The molecule has 2 nitrogen and oxygen atoms in total. The smallest absolute Gasteiger partial charge is 0.222 e. The molecule has 1 saturated heterocycles. The highest BCUT2D eigenvalue weighted by Crippen LogP contribution is 2.28. The first-order valence-electron chi connectivity index (χ1n) is 4.17. The van der Waals surface area contributed by atoms with Gasteiger partial charge >= 0.3 is 0 Å². The number of carbonyl (C=O) groups excluding carboxylic acids is 1. The number of likely N-dealkylation sites (tertiary alicyclic amines) is 1. The van der Waals surface area contributed by atoms with Crippen LogP contribution >= 0.6 is 0 Å². The Bertz CT molecular complexity index is 151. The molecule has 0 spiro atoms. The summed E-state index contributed by atoms with van der Waals surface area (Å²) in [5, 5.41) is 0. The Morgan fingerprint density at radius 2 is 2.10 bits per heavy atom. The van der Waals surface area contributed by atoms with Crippen molar-refractivity contribution in [2.24, 2.45) is 0 Å². The molecule has 2 heteroatoms. The Morgan fingerprint density at radius 3 is 2.50 bits per heavy atom. The van der Waals surface area contributed by atoms with Crippen LogP contribution in [0.3, 0.4) is 0 Å². The molecule has 0 aromatic carbocycles. The van der Waals surface area contributed by atoms with E-state index in [9.17, 15) is 4.79 Å². The van der Waals surface area contributed by atoms with Crippen LogP contribution in [0.2, 0.25) is 0 Å². The maximum atomic E-state index is 11.1. The zero-order chi connectivity index (χ0) is 6.97. The molecule has 0 radical (unpaired) electrons. The standard InChI is InChI=1S/C8H13NO/c10-8-5-2-6-9(8)7-3-1-4-7/h7H,1-6H2. The minimum absolute atomic E-state index is 0.393. The molecule has 0 N–H and O–H groups in total. The zero-order valence-electron chi connectivity index (χ0n) is 6.18. The van der Waals surface area contributed by atoms with Gasteiger partial charge in [-0.25, -0.2) is 0 Å². The third-order valence-electron chi connectivity index (χ3n) is 2.63. The summed E-state index contributed by atoms with van der Waals surface area (Å²) in [5.74, 6) is 0.393. The molecule has 0 aromatic rings. The van der Waals surface area contributed by atoms with Crippen molar-refractivity contribution in [2.45, 2.75) is 38.1 Å². The van der Waals surface area contributed by atoms with Gasteiger partial charge in [0.1, 0.15) is 0 Å². The van der Waals surface area contributed by atoms with Crippen molar-refractivity contribution in [2.75, 3.05) is 6.54 Å². The quantitative estimate of drug-likeness (QED) is 0.534. The van der Waals surface area contributed by atoms with Crippen molar-refractivity contribution in [3.63, 3.8) is 0 Å². The predicted octanol–water partition coefficient (Wildman–Crippen LogP) is 1.16. The normalized spacial score (nSPS) is 27.2. The molecular formula is C8H13NO. The highest BCUT2D eigenvalue weighted by Gasteiger charge is 2.31. The first kappa shape index (κ1) is 6.20. The van der Waals surface area contributed by atoms with Crippen LogP contribution in [0.5, 0.6) is 0 Å². The Hall–Kier alpha value is -0.530. The molecule has 1 aliphatic carbocycles. The van der Waals surface area contributed by atoms with Crippen LogP contribution in [-0.2, 0) is 4.79 Å². The fourth-order valence-electron chi connectivity index (χ4n) is 1.75. The van der Waals surface area contributed by atoms with Crippen molar-refractivity contribution in [1.29, 1.82) is 0 Å². The van der Waals surface area contributed by atoms with Gasteiger partial charge in [-0.05, 0) is 25.7 Å². The van der Waals surface area contributed by atoms with Crippen LogP contribution in [0.4, 0.5) is 0 Å². The van der Waals surface area contributed by atoms with Crippen LogP contribution in [0, 0.1) is 0 Å². The van der Waals surface area contributed by atoms with Gasteiger partial charge in [-0.3, -0.25) is 4.79 Å². The fourth-order valence-corrected chi connectivity index (χ4v) is 1.75. The number of amides is 1. The lowest BCUT2D eigenvalue weighted by Crippen LogP contribution is -2.40. The number of rotatable bonds is 1. The molecule has 0 atom stereocenters. The number of hydrogen-bond donors (Lipinski definition) is 0. The Morgan fingerprint density at radius 1 is 1.30 bits per heavy atom. The Balaban J connectivity index is 1.96. The molecule has 0 bridgehead atoms.